The zero-order chi connectivity index (χ0) is 21.8. The van der Waals surface area contributed by atoms with Gasteiger partial charge in [-0.05, 0) is 18.4 Å². The van der Waals surface area contributed by atoms with E-state index in [0.29, 0.717) is 23.6 Å². The van der Waals surface area contributed by atoms with Gasteiger partial charge in [0.05, 0.1) is 19.0 Å². The van der Waals surface area contributed by atoms with Crippen molar-refractivity contribution in [2.75, 3.05) is 18.5 Å². The summed E-state index contributed by atoms with van der Waals surface area (Å²) >= 11 is 0. The van der Waals surface area contributed by atoms with Gasteiger partial charge in [-0.25, -0.2) is 15.0 Å². The summed E-state index contributed by atoms with van der Waals surface area (Å²) in [6.07, 6.45) is 1.15. The van der Waals surface area contributed by atoms with Gasteiger partial charge in [-0.3, -0.25) is 4.57 Å². The van der Waals surface area contributed by atoms with Crippen LogP contribution in [0.2, 0.25) is 0 Å². The predicted octanol–water partition coefficient (Wildman–Crippen LogP) is 2.44. The number of imidazole rings is 1. The van der Waals surface area contributed by atoms with Crippen molar-refractivity contribution in [3.05, 3.63) is 48.5 Å². The molecule has 9 nitrogen and oxygen atoms in total. The zero-order valence-electron chi connectivity index (χ0n) is 17.8. The highest BCUT2D eigenvalue weighted by molar-refractivity contribution is 5.83. The van der Waals surface area contributed by atoms with E-state index in [4.69, 9.17) is 9.47 Å². The fourth-order valence-corrected chi connectivity index (χ4v) is 3.86. The Bertz CT molecular complexity index is 982. The smallest absolute Gasteiger partial charge is 0.167 e. The molecule has 1 unspecified atom stereocenters. The number of benzene rings is 1. The van der Waals surface area contributed by atoms with Gasteiger partial charge in [-0.15, -0.1) is 0 Å². The normalized spacial score (nSPS) is 24.5. The molecule has 1 fully saturated rings. The Morgan fingerprint density at radius 3 is 2.68 bits per heavy atom. The number of nitrogens with one attached hydrogen (secondary N) is 1. The van der Waals surface area contributed by atoms with E-state index in [2.05, 4.69) is 39.3 Å². The van der Waals surface area contributed by atoms with Gasteiger partial charge in [0.1, 0.15) is 24.6 Å². The molecule has 3 N–H and O–H groups in total. The number of hydrogen-bond acceptors (Lipinski definition) is 8. The largest absolute Gasteiger partial charge is 0.387 e. The van der Waals surface area contributed by atoms with Crippen LogP contribution in [0.25, 0.3) is 11.2 Å². The molecule has 1 aliphatic rings. The SMILES string of the molecule is CCCOC[C@H]1O[C@@H](n2cnc3c(N[C@@H](CC)c4ccccc4)ncnc32)[C@@H](O)C1O. The second kappa shape index (κ2) is 9.69. The molecule has 5 atom stereocenters. The Kier molecular flexibility index (Phi) is 6.77. The van der Waals surface area contributed by atoms with Gasteiger partial charge >= 0.3 is 0 Å². The maximum Gasteiger partial charge on any atom is 0.167 e. The van der Waals surface area contributed by atoms with Crippen LogP contribution < -0.4 is 5.32 Å². The summed E-state index contributed by atoms with van der Waals surface area (Å²) in [5.41, 5.74) is 2.25. The molecule has 9 heteroatoms. The predicted molar refractivity (Wildman–Crippen MR) is 115 cm³/mol. The van der Waals surface area contributed by atoms with Gasteiger partial charge in [-0.2, -0.15) is 0 Å². The summed E-state index contributed by atoms with van der Waals surface area (Å²) in [5.74, 6) is 0.607. The molecule has 4 rings (SSSR count). The van der Waals surface area contributed by atoms with Gasteiger partial charge in [0.2, 0.25) is 0 Å². The minimum atomic E-state index is -1.12. The van der Waals surface area contributed by atoms with Crippen LogP contribution in [-0.2, 0) is 9.47 Å². The third-order valence-electron chi connectivity index (χ3n) is 5.52. The summed E-state index contributed by atoms with van der Waals surface area (Å²) in [5, 5.41) is 24.4. The van der Waals surface area contributed by atoms with E-state index < -0.39 is 24.5 Å². The highest BCUT2D eigenvalue weighted by Gasteiger charge is 2.44. The van der Waals surface area contributed by atoms with Crippen LogP contribution >= 0.6 is 0 Å². The Hall–Kier alpha value is -2.59. The molecular formula is C22H29N5O4. The molecule has 31 heavy (non-hydrogen) atoms. The number of aromatic nitrogens is 4. The third-order valence-corrected chi connectivity index (χ3v) is 5.52. The quantitative estimate of drug-likeness (QED) is 0.446. The molecular weight excluding hydrogens is 398 g/mol. The Morgan fingerprint density at radius 1 is 1.13 bits per heavy atom. The van der Waals surface area contributed by atoms with E-state index in [-0.39, 0.29) is 12.6 Å². The summed E-state index contributed by atoms with van der Waals surface area (Å²) in [6.45, 7) is 4.90. The lowest BCUT2D eigenvalue weighted by molar-refractivity contribution is -0.0652. The molecule has 0 aliphatic carbocycles. The lowest BCUT2D eigenvalue weighted by Gasteiger charge is -2.19. The lowest BCUT2D eigenvalue weighted by atomic mass is 10.0. The number of ether oxygens (including phenoxy) is 2. The molecule has 3 aromatic rings. The fraction of sp³-hybridized carbons (Fsp3) is 0.500. The molecule has 2 aromatic heterocycles. The highest BCUT2D eigenvalue weighted by Crippen LogP contribution is 2.33. The van der Waals surface area contributed by atoms with Gasteiger partial charge in [0.15, 0.2) is 23.2 Å². The summed E-state index contributed by atoms with van der Waals surface area (Å²) < 4.78 is 13.1. The standard InChI is InChI=1S/C22H29N5O4/c1-3-10-30-11-16-18(28)19(29)22(31-16)27-13-25-17-20(23-12-24-21(17)27)26-15(4-2)14-8-6-5-7-9-14/h5-9,12-13,15-16,18-19,22,28-29H,3-4,10-11H2,1-2H3,(H,23,24,26)/t15-,16+,18?,19-,22+/m0/s1. The number of aliphatic hydroxyl groups is 2. The molecule has 1 aromatic carbocycles. The first-order chi connectivity index (χ1) is 15.1. The van der Waals surface area contributed by atoms with E-state index in [1.165, 1.54) is 6.33 Å². The number of rotatable bonds is 9. The van der Waals surface area contributed by atoms with Crippen LogP contribution in [0.3, 0.4) is 0 Å². The first-order valence-electron chi connectivity index (χ1n) is 10.7. The van der Waals surface area contributed by atoms with Gasteiger partial charge < -0.3 is 25.0 Å². The lowest BCUT2D eigenvalue weighted by Crippen LogP contribution is -2.33. The van der Waals surface area contributed by atoms with Crippen LogP contribution in [0.5, 0.6) is 0 Å². The van der Waals surface area contributed by atoms with Crippen molar-refractivity contribution in [3.8, 4) is 0 Å². The monoisotopic (exact) mass is 427 g/mol. The summed E-state index contributed by atoms with van der Waals surface area (Å²) in [7, 11) is 0. The molecule has 3 heterocycles. The van der Waals surface area contributed by atoms with Gasteiger partial charge in [-0.1, -0.05) is 44.2 Å². The number of aliphatic hydroxyl groups excluding tert-OH is 2. The topological polar surface area (TPSA) is 115 Å². The third kappa shape index (κ3) is 4.40. The molecule has 0 saturated carbocycles. The van der Waals surface area contributed by atoms with E-state index in [1.807, 2.05) is 25.1 Å². The Morgan fingerprint density at radius 2 is 1.94 bits per heavy atom. The average Bonchev–Trinajstić information content (AvgIpc) is 3.35. The zero-order valence-corrected chi connectivity index (χ0v) is 17.8. The second-order valence-electron chi connectivity index (χ2n) is 7.68. The summed E-state index contributed by atoms with van der Waals surface area (Å²) in [6, 6.07) is 10.2. The maximum atomic E-state index is 10.6. The molecule has 0 radical (unpaired) electrons. The van der Waals surface area contributed by atoms with E-state index in [0.717, 1.165) is 18.4 Å². The average molecular weight is 428 g/mol. The summed E-state index contributed by atoms with van der Waals surface area (Å²) in [4.78, 5) is 13.2. The minimum Gasteiger partial charge on any atom is -0.387 e. The van der Waals surface area contributed by atoms with Gasteiger partial charge in [0, 0.05) is 6.61 Å². The number of fused-ring (bicyclic) bond motifs is 1. The second-order valence-corrected chi connectivity index (χ2v) is 7.68. The van der Waals surface area contributed by atoms with Crippen molar-refractivity contribution >= 4 is 17.0 Å². The van der Waals surface area contributed by atoms with Crippen molar-refractivity contribution in [1.82, 2.24) is 19.5 Å². The van der Waals surface area contributed by atoms with Crippen LogP contribution in [0.1, 0.15) is 44.5 Å². The molecule has 0 amide bonds. The maximum absolute atomic E-state index is 10.6. The van der Waals surface area contributed by atoms with Crippen molar-refractivity contribution in [1.29, 1.82) is 0 Å². The number of hydrogen-bond donors (Lipinski definition) is 3. The Labute approximate surface area is 181 Å². The first-order valence-corrected chi connectivity index (χ1v) is 10.7. The molecule has 166 valence electrons. The van der Waals surface area contributed by atoms with Crippen LogP contribution in [0.15, 0.2) is 43.0 Å². The van der Waals surface area contributed by atoms with Crippen molar-refractivity contribution in [2.45, 2.75) is 57.3 Å². The number of nitrogens with zero attached hydrogens (tertiary/aromatic N) is 4. The van der Waals surface area contributed by atoms with Gasteiger partial charge in [0.25, 0.3) is 0 Å². The van der Waals surface area contributed by atoms with Crippen molar-refractivity contribution < 1.29 is 19.7 Å². The van der Waals surface area contributed by atoms with Crippen molar-refractivity contribution in [3.63, 3.8) is 0 Å². The van der Waals surface area contributed by atoms with Crippen LogP contribution in [-0.4, -0.2) is 61.3 Å². The van der Waals surface area contributed by atoms with Crippen LogP contribution in [0.4, 0.5) is 5.82 Å². The highest BCUT2D eigenvalue weighted by atomic mass is 16.6. The molecule has 0 bridgehead atoms. The Balaban J connectivity index is 1.57. The molecule has 1 aliphatic heterocycles. The van der Waals surface area contributed by atoms with E-state index in [1.54, 1.807) is 10.9 Å². The minimum absolute atomic E-state index is 0.0692. The van der Waals surface area contributed by atoms with E-state index in [9.17, 15) is 10.2 Å². The van der Waals surface area contributed by atoms with E-state index >= 15 is 0 Å². The first kappa shape index (κ1) is 21.6. The fourth-order valence-electron chi connectivity index (χ4n) is 3.86. The van der Waals surface area contributed by atoms with Crippen LogP contribution in [0, 0.1) is 0 Å². The number of anilines is 1. The van der Waals surface area contributed by atoms with Crippen molar-refractivity contribution in [2.24, 2.45) is 0 Å². The molecule has 1 saturated heterocycles. The molecule has 0 spiro atoms.